The largest absolute Gasteiger partial charge is 0.508 e. The van der Waals surface area contributed by atoms with Crippen LogP contribution in [0.3, 0.4) is 0 Å². The molecule has 3 N–H and O–H groups in total. The summed E-state index contributed by atoms with van der Waals surface area (Å²) < 4.78 is 14.3. The molecular formula is C19H16FNO4. The molecule has 1 aliphatic carbocycles. The normalized spacial score (nSPS) is 13.8. The summed E-state index contributed by atoms with van der Waals surface area (Å²) in [4.78, 5) is 23.4. The highest BCUT2D eigenvalue weighted by molar-refractivity contribution is 6.09. The number of anilines is 1. The molecule has 0 aromatic heterocycles. The molecule has 1 aliphatic rings. The van der Waals surface area contributed by atoms with Gasteiger partial charge in [-0.1, -0.05) is 18.2 Å². The Kier molecular flexibility index (Phi) is 4.52. The molecular weight excluding hydrogens is 325 g/mol. The van der Waals surface area contributed by atoms with Crippen LogP contribution in [-0.4, -0.2) is 22.1 Å². The Bertz CT molecular complexity index is 889. The minimum absolute atomic E-state index is 0.0157. The standard InChI is InChI=1S/C19H16FNO4/c20-16-10-12(11-3-1-4-13(22)9-11)7-8-17(16)21-18(23)14-5-2-6-15(14)19(24)25/h1,3-4,7-10,22H,2,5-6H2,(H,21,23)(H,24,25). The van der Waals surface area contributed by atoms with E-state index in [1.54, 1.807) is 18.2 Å². The summed E-state index contributed by atoms with van der Waals surface area (Å²) in [5.41, 5.74) is 1.47. The predicted octanol–water partition coefficient (Wildman–Crippen LogP) is 3.70. The lowest BCUT2D eigenvalue weighted by Gasteiger charge is -2.10. The third-order valence-corrected chi connectivity index (χ3v) is 4.15. The fourth-order valence-corrected chi connectivity index (χ4v) is 2.91. The Morgan fingerprint density at radius 3 is 2.40 bits per heavy atom. The van der Waals surface area contributed by atoms with Crippen LogP contribution in [0, 0.1) is 5.82 Å². The molecule has 0 aliphatic heterocycles. The predicted molar refractivity (Wildman–Crippen MR) is 90.6 cm³/mol. The number of halogens is 1. The van der Waals surface area contributed by atoms with Gasteiger partial charge in [0, 0.05) is 11.1 Å². The molecule has 3 rings (SSSR count). The van der Waals surface area contributed by atoms with E-state index < -0.39 is 17.7 Å². The number of benzene rings is 2. The summed E-state index contributed by atoms with van der Waals surface area (Å²) in [5.74, 6) is -2.25. The third kappa shape index (κ3) is 3.52. The molecule has 6 heteroatoms. The van der Waals surface area contributed by atoms with Gasteiger partial charge in [-0.25, -0.2) is 9.18 Å². The van der Waals surface area contributed by atoms with Gasteiger partial charge in [-0.15, -0.1) is 0 Å². The van der Waals surface area contributed by atoms with Crippen LogP contribution in [-0.2, 0) is 9.59 Å². The van der Waals surface area contributed by atoms with Crippen molar-refractivity contribution in [2.75, 3.05) is 5.32 Å². The van der Waals surface area contributed by atoms with Crippen LogP contribution in [0.5, 0.6) is 5.75 Å². The van der Waals surface area contributed by atoms with Crippen molar-refractivity contribution < 1.29 is 24.2 Å². The van der Waals surface area contributed by atoms with Gasteiger partial charge in [0.05, 0.1) is 5.69 Å². The van der Waals surface area contributed by atoms with Crippen LogP contribution in [0.25, 0.3) is 11.1 Å². The van der Waals surface area contributed by atoms with E-state index in [4.69, 9.17) is 5.11 Å². The lowest BCUT2D eigenvalue weighted by molar-refractivity contribution is -0.133. The van der Waals surface area contributed by atoms with Gasteiger partial charge in [0.1, 0.15) is 11.6 Å². The second kappa shape index (κ2) is 6.76. The third-order valence-electron chi connectivity index (χ3n) is 4.15. The van der Waals surface area contributed by atoms with Crippen molar-refractivity contribution in [1.82, 2.24) is 0 Å². The van der Waals surface area contributed by atoms with E-state index >= 15 is 0 Å². The number of rotatable bonds is 4. The van der Waals surface area contributed by atoms with Crippen LogP contribution < -0.4 is 5.32 Å². The number of carbonyl (C=O) groups is 2. The molecule has 0 bridgehead atoms. The maximum Gasteiger partial charge on any atom is 0.332 e. The van der Waals surface area contributed by atoms with Crippen LogP contribution in [0.2, 0.25) is 0 Å². The number of carboxylic acid groups (broad SMARTS) is 1. The van der Waals surface area contributed by atoms with Gasteiger partial charge < -0.3 is 15.5 Å². The molecule has 128 valence electrons. The van der Waals surface area contributed by atoms with Crippen molar-refractivity contribution in [3.63, 3.8) is 0 Å². The van der Waals surface area contributed by atoms with Crippen molar-refractivity contribution in [2.24, 2.45) is 0 Å². The average Bonchev–Trinajstić information content (AvgIpc) is 3.06. The van der Waals surface area contributed by atoms with Crippen molar-refractivity contribution in [2.45, 2.75) is 19.3 Å². The number of carbonyl (C=O) groups excluding carboxylic acids is 1. The van der Waals surface area contributed by atoms with Gasteiger partial charge in [0.15, 0.2) is 0 Å². The number of nitrogens with one attached hydrogen (secondary N) is 1. The summed E-state index contributed by atoms with van der Waals surface area (Å²) in [6, 6.07) is 10.7. The van der Waals surface area contributed by atoms with Crippen molar-refractivity contribution in [1.29, 1.82) is 0 Å². The van der Waals surface area contributed by atoms with Crippen molar-refractivity contribution >= 4 is 17.6 Å². The number of hydrogen-bond donors (Lipinski definition) is 3. The Hall–Kier alpha value is -3.15. The molecule has 2 aromatic rings. The molecule has 0 atom stereocenters. The van der Waals surface area contributed by atoms with E-state index in [0.717, 1.165) is 0 Å². The second-order valence-electron chi connectivity index (χ2n) is 5.81. The number of aromatic hydroxyl groups is 1. The lowest BCUT2D eigenvalue weighted by Crippen LogP contribution is -2.17. The second-order valence-corrected chi connectivity index (χ2v) is 5.81. The highest BCUT2D eigenvalue weighted by Gasteiger charge is 2.25. The first kappa shape index (κ1) is 16.7. The first-order valence-corrected chi connectivity index (χ1v) is 7.81. The molecule has 1 amide bonds. The number of hydrogen-bond acceptors (Lipinski definition) is 3. The van der Waals surface area contributed by atoms with Gasteiger partial charge in [-0.2, -0.15) is 0 Å². The van der Waals surface area contributed by atoms with Crippen molar-refractivity contribution in [3.8, 4) is 16.9 Å². The van der Waals surface area contributed by atoms with Gasteiger partial charge in [0.2, 0.25) is 0 Å². The van der Waals surface area contributed by atoms with E-state index in [1.165, 1.54) is 24.3 Å². The molecule has 0 fully saturated rings. The summed E-state index contributed by atoms with van der Waals surface area (Å²) in [5, 5.41) is 21.1. The van der Waals surface area contributed by atoms with E-state index in [0.29, 0.717) is 30.4 Å². The summed E-state index contributed by atoms with van der Waals surface area (Å²) in [6.45, 7) is 0. The summed E-state index contributed by atoms with van der Waals surface area (Å²) >= 11 is 0. The van der Waals surface area contributed by atoms with Crippen molar-refractivity contribution in [3.05, 3.63) is 59.4 Å². The molecule has 0 saturated carbocycles. The maximum atomic E-state index is 14.3. The fraction of sp³-hybridized carbons (Fsp3) is 0.158. The molecule has 2 aromatic carbocycles. The zero-order chi connectivity index (χ0) is 18.0. The first-order chi connectivity index (χ1) is 12.0. The van der Waals surface area contributed by atoms with Gasteiger partial charge in [-0.3, -0.25) is 4.79 Å². The number of phenolic OH excluding ortho intramolecular Hbond substituents is 1. The van der Waals surface area contributed by atoms with E-state index in [9.17, 15) is 19.1 Å². The zero-order valence-corrected chi connectivity index (χ0v) is 13.3. The van der Waals surface area contributed by atoms with E-state index in [2.05, 4.69) is 5.32 Å². The number of amides is 1. The van der Waals surface area contributed by atoms with Crippen LogP contribution in [0.4, 0.5) is 10.1 Å². The SMILES string of the molecule is O=C(O)C1=C(C(=O)Nc2ccc(-c3cccc(O)c3)cc2F)CCC1. The number of phenols is 1. The molecule has 0 spiro atoms. The van der Waals surface area contributed by atoms with Crippen LogP contribution >= 0.6 is 0 Å². The van der Waals surface area contributed by atoms with Crippen LogP contribution in [0.15, 0.2) is 53.6 Å². The molecule has 0 saturated heterocycles. The van der Waals surface area contributed by atoms with Crippen LogP contribution in [0.1, 0.15) is 19.3 Å². The van der Waals surface area contributed by atoms with Gasteiger partial charge in [-0.05, 0) is 54.7 Å². The smallest absolute Gasteiger partial charge is 0.332 e. The Balaban J connectivity index is 1.83. The van der Waals surface area contributed by atoms with Gasteiger partial charge >= 0.3 is 5.97 Å². The molecule has 25 heavy (non-hydrogen) atoms. The Morgan fingerprint density at radius 2 is 1.72 bits per heavy atom. The number of aliphatic carboxylic acids is 1. The number of carboxylic acids is 1. The Labute approximate surface area is 143 Å². The van der Waals surface area contributed by atoms with Gasteiger partial charge in [0.25, 0.3) is 5.91 Å². The molecule has 0 radical (unpaired) electrons. The highest BCUT2D eigenvalue weighted by atomic mass is 19.1. The monoisotopic (exact) mass is 341 g/mol. The van der Waals surface area contributed by atoms with E-state index in [1.807, 2.05) is 0 Å². The zero-order valence-electron chi connectivity index (χ0n) is 13.3. The lowest BCUT2D eigenvalue weighted by atomic mass is 10.0. The summed E-state index contributed by atoms with van der Waals surface area (Å²) in [7, 11) is 0. The first-order valence-electron chi connectivity index (χ1n) is 7.81. The minimum atomic E-state index is -1.11. The summed E-state index contributed by atoms with van der Waals surface area (Å²) in [6.07, 6.45) is 1.32. The molecule has 0 heterocycles. The fourth-order valence-electron chi connectivity index (χ4n) is 2.91. The maximum absolute atomic E-state index is 14.3. The minimum Gasteiger partial charge on any atom is -0.508 e. The molecule has 0 unspecified atom stereocenters. The molecule has 5 nitrogen and oxygen atoms in total. The Morgan fingerprint density at radius 1 is 1.00 bits per heavy atom. The van der Waals surface area contributed by atoms with E-state index in [-0.39, 0.29) is 22.6 Å². The average molecular weight is 341 g/mol. The quantitative estimate of drug-likeness (QED) is 0.791. The highest BCUT2D eigenvalue weighted by Crippen LogP contribution is 2.29. The topological polar surface area (TPSA) is 86.6 Å².